The maximum atomic E-state index is 12.6. The molecule has 1 saturated carbocycles. The van der Waals surface area contributed by atoms with Gasteiger partial charge in [-0.2, -0.15) is 9.97 Å². The molecule has 10 heteroatoms. The predicted molar refractivity (Wildman–Crippen MR) is 118 cm³/mol. The van der Waals surface area contributed by atoms with Gasteiger partial charge in [-0.05, 0) is 30.5 Å². The molecule has 1 aliphatic heterocycles. The van der Waals surface area contributed by atoms with Crippen LogP contribution in [0.15, 0.2) is 30.6 Å². The van der Waals surface area contributed by atoms with Gasteiger partial charge in [-0.15, -0.1) is 0 Å². The molecule has 31 heavy (non-hydrogen) atoms. The van der Waals surface area contributed by atoms with E-state index >= 15 is 0 Å². The van der Waals surface area contributed by atoms with E-state index in [-0.39, 0.29) is 12.1 Å². The number of carbonyl (C=O) groups is 1. The van der Waals surface area contributed by atoms with Crippen LogP contribution in [0.5, 0.6) is 0 Å². The molecule has 1 aromatic carbocycles. The normalized spacial score (nSPS) is 16.9. The van der Waals surface area contributed by atoms with Crippen LogP contribution in [0.1, 0.15) is 18.4 Å². The first-order valence-corrected chi connectivity index (χ1v) is 10.6. The average Bonchev–Trinajstić information content (AvgIpc) is 3.49. The average molecular weight is 422 g/mol. The summed E-state index contributed by atoms with van der Waals surface area (Å²) in [6.45, 7) is 4.31. The van der Waals surface area contributed by atoms with Gasteiger partial charge in [0.2, 0.25) is 5.95 Å². The molecule has 3 aromatic rings. The van der Waals surface area contributed by atoms with Crippen LogP contribution in [0.3, 0.4) is 0 Å². The number of nitrogens with one attached hydrogen (secondary N) is 3. The Balaban J connectivity index is 1.39. The molecular formula is C21H26N8O2. The third-order valence-corrected chi connectivity index (χ3v) is 5.45. The molecule has 5 rings (SSSR count). The fourth-order valence-corrected chi connectivity index (χ4v) is 3.64. The van der Waals surface area contributed by atoms with Crippen molar-refractivity contribution in [1.82, 2.24) is 29.7 Å². The van der Waals surface area contributed by atoms with E-state index in [0.717, 1.165) is 51.4 Å². The zero-order valence-electron chi connectivity index (χ0n) is 17.5. The lowest BCUT2D eigenvalue weighted by Crippen LogP contribution is -2.35. The topological polar surface area (TPSA) is 109 Å². The van der Waals surface area contributed by atoms with Gasteiger partial charge in [0.1, 0.15) is 6.33 Å². The molecule has 0 bridgehead atoms. The monoisotopic (exact) mass is 422 g/mol. The van der Waals surface area contributed by atoms with Crippen molar-refractivity contribution in [2.24, 2.45) is 0 Å². The molecule has 2 fully saturated rings. The molecule has 2 aromatic heterocycles. The van der Waals surface area contributed by atoms with Crippen LogP contribution in [-0.2, 0) is 11.3 Å². The van der Waals surface area contributed by atoms with Gasteiger partial charge in [-0.25, -0.2) is 14.3 Å². The van der Waals surface area contributed by atoms with Crippen molar-refractivity contribution in [3.05, 3.63) is 36.2 Å². The fraction of sp³-hybridized carbons (Fsp3) is 0.429. The molecule has 10 nitrogen and oxygen atoms in total. The summed E-state index contributed by atoms with van der Waals surface area (Å²) in [7, 11) is 1.78. The van der Waals surface area contributed by atoms with Crippen LogP contribution in [0.4, 0.5) is 22.2 Å². The molecular weight excluding hydrogens is 396 g/mol. The first kappa shape index (κ1) is 19.7. The third-order valence-electron chi connectivity index (χ3n) is 5.45. The van der Waals surface area contributed by atoms with Crippen molar-refractivity contribution in [2.75, 3.05) is 44.0 Å². The standard InChI is InChI=1S/C21H26N8O2/c1-22-18-17-19(29(13-23-17)21(30)25-15-5-6-15)27-20(26-18)24-16-4-2-3-14(11-16)12-28-7-9-31-10-8-28/h2-4,11,13,15H,5-10,12H2,1H3,(H,25,30)(H2,22,24,26,27). The SMILES string of the molecule is CNc1nc(Nc2cccc(CN3CCOCC3)c2)nc2c1ncn2C(=O)NC1CC1. The van der Waals surface area contributed by atoms with Crippen LogP contribution in [-0.4, -0.2) is 69.8 Å². The van der Waals surface area contributed by atoms with E-state index in [9.17, 15) is 4.79 Å². The van der Waals surface area contributed by atoms with Crippen LogP contribution in [0.25, 0.3) is 11.2 Å². The number of morpholine rings is 1. The molecule has 1 saturated heterocycles. The number of ether oxygens (including phenoxy) is 1. The van der Waals surface area contributed by atoms with Gasteiger partial charge in [0.05, 0.1) is 13.2 Å². The van der Waals surface area contributed by atoms with Crippen LogP contribution >= 0.6 is 0 Å². The van der Waals surface area contributed by atoms with Crippen molar-refractivity contribution in [3.63, 3.8) is 0 Å². The van der Waals surface area contributed by atoms with E-state index in [0.29, 0.717) is 22.9 Å². The molecule has 0 spiro atoms. The van der Waals surface area contributed by atoms with Crippen molar-refractivity contribution in [2.45, 2.75) is 25.4 Å². The second-order valence-electron chi connectivity index (χ2n) is 7.87. The summed E-state index contributed by atoms with van der Waals surface area (Å²) in [6, 6.07) is 8.24. The third kappa shape index (κ3) is 4.44. The lowest BCUT2D eigenvalue weighted by Gasteiger charge is -2.26. The maximum Gasteiger partial charge on any atom is 0.328 e. The predicted octanol–water partition coefficient (Wildman–Crippen LogP) is 2.16. The molecule has 2 aliphatic rings. The molecule has 3 heterocycles. The van der Waals surface area contributed by atoms with E-state index in [2.05, 4.69) is 47.9 Å². The number of rotatable bonds is 6. The Kier molecular flexibility index (Phi) is 5.39. The molecule has 0 atom stereocenters. The number of hydrogen-bond acceptors (Lipinski definition) is 8. The highest BCUT2D eigenvalue weighted by atomic mass is 16.5. The Morgan fingerprint density at radius 1 is 1.23 bits per heavy atom. The second-order valence-corrected chi connectivity index (χ2v) is 7.87. The zero-order chi connectivity index (χ0) is 21.2. The van der Waals surface area contributed by atoms with E-state index in [1.54, 1.807) is 7.05 Å². The first-order chi connectivity index (χ1) is 15.2. The van der Waals surface area contributed by atoms with E-state index in [1.165, 1.54) is 16.5 Å². The van der Waals surface area contributed by atoms with Crippen LogP contribution in [0.2, 0.25) is 0 Å². The van der Waals surface area contributed by atoms with Gasteiger partial charge in [-0.1, -0.05) is 12.1 Å². The van der Waals surface area contributed by atoms with Gasteiger partial charge in [0.15, 0.2) is 17.0 Å². The van der Waals surface area contributed by atoms with Crippen molar-refractivity contribution < 1.29 is 9.53 Å². The quantitative estimate of drug-likeness (QED) is 0.555. The zero-order valence-corrected chi connectivity index (χ0v) is 17.5. The number of nitrogens with zero attached hydrogens (tertiary/aromatic N) is 5. The van der Waals surface area contributed by atoms with Crippen LogP contribution in [0, 0.1) is 0 Å². The van der Waals surface area contributed by atoms with Gasteiger partial charge in [0.25, 0.3) is 0 Å². The minimum Gasteiger partial charge on any atom is -0.379 e. The second kappa shape index (κ2) is 8.48. The highest BCUT2D eigenvalue weighted by Gasteiger charge is 2.25. The molecule has 1 aliphatic carbocycles. The van der Waals surface area contributed by atoms with Crippen molar-refractivity contribution >= 4 is 34.6 Å². The number of aromatic nitrogens is 4. The highest BCUT2D eigenvalue weighted by molar-refractivity contribution is 5.92. The van der Waals surface area contributed by atoms with Gasteiger partial charge in [-0.3, -0.25) is 4.90 Å². The lowest BCUT2D eigenvalue weighted by atomic mass is 10.2. The summed E-state index contributed by atoms with van der Waals surface area (Å²) in [5.74, 6) is 0.969. The number of carbonyl (C=O) groups excluding carboxylic acids is 1. The van der Waals surface area contributed by atoms with E-state index in [4.69, 9.17) is 4.74 Å². The Morgan fingerprint density at radius 2 is 2.06 bits per heavy atom. The number of imidazole rings is 1. The fourth-order valence-electron chi connectivity index (χ4n) is 3.64. The molecule has 3 N–H and O–H groups in total. The van der Waals surface area contributed by atoms with Crippen LogP contribution < -0.4 is 16.0 Å². The maximum absolute atomic E-state index is 12.6. The number of amides is 1. The number of benzene rings is 1. The summed E-state index contributed by atoms with van der Waals surface area (Å²) in [6.07, 6.45) is 3.52. The Labute approximate surface area is 180 Å². The minimum absolute atomic E-state index is 0.218. The Bertz CT molecular complexity index is 1090. The van der Waals surface area contributed by atoms with Gasteiger partial charge in [0, 0.05) is 38.4 Å². The first-order valence-electron chi connectivity index (χ1n) is 10.6. The van der Waals surface area contributed by atoms with E-state index < -0.39 is 0 Å². The van der Waals surface area contributed by atoms with Gasteiger partial charge >= 0.3 is 6.03 Å². The smallest absolute Gasteiger partial charge is 0.328 e. The van der Waals surface area contributed by atoms with Crippen molar-refractivity contribution in [3.8, 4) is 0 Å². The number of hydrogen-bond donors (Lipinski definition) is 3. The van der Waals surface area contributed by atoms with E-state index in [1.807, 2.05) is 12.1 Å². The summed E-state index contributed by atoms with van der Waals surface area (Å²) in [5, 5.41) is 9.30. The summed E-state index contributed by atoms with van der Waals surface area (Å²) in [5.41, 5.74) is 3.11. The molecule has 0 radical (unpaired) electrons. The number of fused-ring (bicyclic) bond motifs is 1. The summed E-state index contributed by atoms with van der Waals surface area (Å²) < 4.78 is 6.87. The Morgan fingerprint density at radius 3 is 2.84 bits per heavy atom. The van der Waals surface area contributed by atoms with Crippen molar-refractivity contribution in [1.29, 1.82) is 0 Å². The molecule has 0 unspecified atom stereocenters. The Hall–Kier alpha value is -3.24. The molecule has 1 amide bonds. The minimum atomic E-state index is -0.218. The van der Waals surface area contributed by atoms with Gasteiger partial charge < -0.3 is 20.7 Å². The lowest BCUT2D eigenvalue weighted by molar-refractivity contribution is 0.0342. The largest absolute Gasteiger partial charge is 0.379 e. The molecule has 162 valence electrons. The summed E-state index contributed by atoms with van der Waals surface area (Å²) in [4.78, 5) is 28.4. The number of anilines is 3. The highest BCUT2D eigenvalue weighted by Crippen LogP contribution is 2.24. The summed E-state index contributed by atoms with van der Waals surface area (Å²) >= 11 is 0.